The van der Waals surface area contributed by atoms with Crippen LogP contribution in [0.4, 0.5) is 26.3 Å². The van der Waals surface area contributed by atoms with E-state index in [2.05, 4.69) is 35.9 Å². The topological polar surface area (TPSA) is 48.7 Å². The van der Waals surface area contributed by atoms with Crippen molar-refractivity contribution in [1.29, 1.82) is 0 Å². The van der Waals surface area contributed by atoms with E-state index >= 15 is 0 Å². The van der Waals surface area contributed by atoms with Crippen molar-refractivity contribution in [2.75, 3.05) is 7.11 Å². The van der Waals surface area contributed by atoms with E-state index in [4.69, 9.17) is 9.47 Å². The van der Waals surface area contributed by atoms with Crippen molar-refractivity contribution in [1.82, 2.24) is 14.6 Å². The first kappa shape index (κ1) is 32.3. The van der Waals surface area contributed by atoms with Gasteiger partial charge in [-0.05, 0) is 43.9 Å². The molecule has 5 rings (SSSR count). The Balaban J connectivity index is 0.000000367. The highest BCUT2D eigenvalue weighted by Crippen LogP contribution is 2.41. The zero-order valence-corrected chi connectivity index (χ0v) is 20.8. The Morgan fingerprint density at radius 1 is 0.921 bits per heavy atom. The molecule has 0 saturated heterocycles. The average molecular weight is 542 g/mol. The molecule has 0 spiro atoms. The van der Waals surface area contributed by atoms with E-state index < -0.39 is 17.7 Å². The lowest BCUT2D eigenvalue weighted by Gasteiger charge is -2.29. The van der Waals surface area contributed by atoms with Crippen LogP contribution in [0.15, 0.2) is 48.9 Å². The van der Waals surface area contributed by atoms with E-state index in [1.54, 1.807) is 25.3 Å². The fraction of sp³-hybridized carbons (Fsp3) is 0.407. The molecule has 2 aliphatic carbocycles. The van der Waals surface area contributed by atoms with Gasteiger partial charge in [0.05, 0.1) is 12.2 Å². The maximum absolute atomic E-state index is 13.3. The number of terminal acetylenes is 2. The highest BCUT2D eigenvalue weighted by Gasteiger charge is 2.43. The average Bonchev–Trinajstić information content (AvgIpc) is 3.40. The second-order valence-electron chi connectivity index (χ2n) is 8.02. The summed E-state index contributed by atoms with van der Waals surface area (Å²) in [7, 11) is 1.65. The second kappa shape index (κ2) is 15.5. The minimum atomic E-state index is -4.55. The predicted molar refractivity (Wildman–Crippen MR) is 132 cm³/mol. The van der Waals surface area contributed by atoms with Gasteiger partial charge in [0.15, 0.2) is 5.65 Å². The van der Waals surface area contributed by atoms with Crippen LogP contribution in [-0.4, -0.2) is 39.8 Å². The van der Waals surface area contributed by atoms with Crippen molar-refractivity contribution in [3.63, 3.8) is 0 Å². The molecule has 5 nitrogen and oxygen atoms in total. The van der Waals surface area contributed by atoms with Crippen molar-refractivity contribution in [2.45, 2.75) is 62.8 Å². The fourth-order valence-corrected chi connectivity index (χ4v) is 3.31. The summed E-state index contributed by atoms with van der Waals surface area (Å²) in [5, 5.41) is 7.08. The summed E-state index contributed by atoms with van der Waals surface area (Å²) in [6, 6.07) is 9.26. The normalized spacial score (nSPS) is 18.9. The highest BCUT2D eigenvalue weighted by molar-refractivity contribution is 5.56. The first-order chi connectivity index (χ1) is 18.1. The van der Waals surface area contributed by atoms with Crippen LogP contribution in [0.5, 0.6) is 5.75 Å². The van der Waals surface area contributed by atoms with Gasteiger partial charge < -0.3 is 9.47 Å². The van der Waals surface area contributed by atoms with Gasteiger partial charge in [0.25, 0.3) is 0 Å². The molecular formula is C27H29F6N3O2. The number of benzene rings is 1. The molecule has 3 aromatic rings. The fourth-order valence-electron chi connectivity index (χ4n) is 3.31. The molecule has 2 saturated carbocycles. The van der Waals surface area contributed by atoms with Gasteiger partial charge in [-0.3, -0.25) is 4.40 Å². The maximum Gasteiger partial charge on any atom is 0.423 e. The van der Waals surface area contributed by atoms with Crippen LogP contribution in [0.1, 0.15) is 44.1 Å². The molecule has 2 fully saturated rings. The SMILES string of the molecule is C#C.C#C.COC1CCC(Oc2ccn3cnnc3c2C(F)(F)F)CC1.FC1(F)CC1.Fc1ccccc1. The van der Waals surface area contributed by atoms with Crippen LogP contribution in [-0.2, 0) is 10.9 Å². The Kier molecular flexibility index (Phi) is 13.2. The maximum atomic E-state index is 13.3. The van der Waals surface area contributed by atoms with Gasteiger partial charge in [-0.15, -0.1) is 35.9 Å². The summed E-state index contributed by atoms with van der Waals surface area (Å²) in [4.78, 5) is 0. The number of methoxy groups -OCH3 is 1. The van der Waals surface area contributed by atoms with E-state index in [0.717, 1.165) is 12.8 Å². The van der Waals surface area contributed by atoms with Crippen molar-refractivity contribution >= 4 is 5.65 Å². The van der Waals surface area contributed by atoms with Crippen LogP contribution in [0.25, 0.3) is 5.65 Å². The Morgan fingerprint density at radius 2 is 1.45 bits per heavy atom. The Hall–Kier alpha value is -3.70. The molecule has 2 heterocycles. The minimum Gasteiger partial charge on any atom is -0.490 e. The van der Waals surface area contributed by atoms with E-state index in [0.29, 0.717) is 12.8 Å². The lowest BCUT2D eigenvalue weighted by molar-refractivity contribution is -0.138. The minimum absolute atomic E-state index is 0.118. The zero-order valence-electron chi connectivity index (χ0n) is 20.8. The largest absolute Gasteiger partial charge is 0.490 e. The molecule has 0 radical (unpaired) electrons. The molecule has 11 heteroatoms. The quantitative estimate of drug-likeness (QED) is 0.270. The number of alkyl halides is 5. The molecule has 0 atom stereocenters. The van der Waals surface area contributed by atoms with Crippen LogP contribution < -0.4 is 4.74 Å². The van der Waals surface area contributed by atoms with Crippen molar-refractivity contribution in [3.05, 3.63) is 60.3 Å². The molecule has 206 valence electrons. The molecule has 0 aliphatic heterocycles. The highest BCUT2D eigenvalue weighted by atomic mass is 19.4. The molecule has 2 aliphatic rings. The van der Waals surface area contributed by atoms with Crippen molar-refractivity contribution < 1.29 is 35.8 Å². The van der Waals surface area contributed by atoms with Gasteiger partial charge in [-0.25, -0.2) is 13.2 Å². The summed E-state index contributed by atoms with van der Waals surface area (Å²) >= 11 is 0. The number of aromatic nitrogens is 3. The van der Waals surface area contributed by atoms with Gasteiger partial charge in [-0.2, -0.15) is 13.2 Å². The first-order valence-electron chi connectivity index (χ1n) is 11.4. The summed E-state index contributed by atoms with van der Waals surface area (Å²) in [6.45, 7) is 0. The molecule has 0 bridgehead atoms. The van der Waals surface area contributed by atoms with Crippen LogP contribution in [0.3, 0.4) is 0 Å². The number of halogens is 6. The number of hydrogen-bond donors (Lipinski definition) is 0. The molecule has 0 N–H and O–H groups in total. The second-order valence-corrected chi connectivity index (χ2v) is 8.02. The van der Waals surface area contributed by atoms with E-state index in [1.165, 1.54) is 35.1 Å². The molecule has 38 heavy (non-hydrogen) atoms. The predicted octanol–water partition coefficient (Wildman–Crippen LogP) is 6.82. The third kappa shape index (κ3) is 10.7. The standard InChI is InChI=1S/C14H16F3N3O2.C6H5F.C3H4F2.2C2H2/c1-21-9-2-4-10(5-3-9)22-11-6-7-20-8-18-19-13(20)12(11)14(15,16)17;7-6-4-2-1-3-5-6;4-3(5)1-2-3;2*1-2/h6-10H,2-5H2,1H3;1-5H;1-2H2;2*1-2H. The number of fused-ring (bicyclic) bond motifs is 1. The van der Waals surface area contributed by atoms with E-state index in [-0.39, 0.29) is 42.3 Å². The van der Waals surface area contributed by atoms with E-state index in [9.17, 15) is 26.3 Å². The van der Waals surface area contributed by atoms with Crippen LogP contribution in [0.2, 0.25) is 0 Å². The van der Waals surface area contributed by atoms with Crippen LogP contribution in [0, 0.1) is 31.5 Å². The number of ether oxygens (including phenoxy) is 2. The monoisotopic (exact) mass is 541 g/mol. The lowest BCUT2D eigenvalue weighted by atomic mass is 9.95. The molecule has 2 aromatic heterocycles. The Labute approximate surface area is 218 Å². The Morgan fingerprint density at radius 3 is 1.87 bits per heavy atom. The number of rotatable bonds is 3. The molecule has 0 unspecified atom stereocenters. The van der Waals surface area contributed by atoms with Gasteiger partial charge >= 0.3 is 6.18 Å². The Bertz CT molecular complexity index is 1110. The van der Waals surface area contributed by atoms with Crippen LogP contribution >= 0.6 is 0 Å². The summed E-state index contributed by atoms with van der Waals surface area (Å²) in [5.41, 5.74) is -1.11. The third-order valence-corrected chi connectivity index (χ3v) is 5.32. The summed E-state index contributed by atoms with van der Waals surface area (Å²) < 4.78 is 86.3. The number of hydrogen-bond acceptors (Lipinski definition) is 4. The van der Waals surface area contributed by atoms with Gasteiger partial charge in [0, 0.05) is 26.1 Å². The lowest BCUT2D eigenvalue weighted by Crippen LogP contribution is -2.28. The van der Waals surface area contributed by atoms with Gasteiger partial charge in [0.2, 0.25) is 5.92 Å². The molecular weight excluding hydrogens is 512 g/mol. The van der Waals surface area contributed by atoms with Gasteiger partial charge in [-0.1, -0.05) is 18.2 Å². The smallest absolute Gasteiger partial charge is 0.423 e. The number of pyridine rings is 1. The first-order valence-corrected chi connectivity index (χ1v) is 11.4. The van der Waals surface area contributed by atoms with Crippen molar-refractivity contribution in [3.8, 4) is 31.4 Å². The zero-order chi connectivity index (χ0) is 28.8. The van der Waals surface area contributed by atoms with Crippen molar-refractivity contribution in [2.24, 2.45) is 0 Å². The number of nitrogens with zero attached hydrogens (tertiary/aromatic N) is 3. The summed E-state index contributed by atoms with van der Waals surface area (Å²) in [6.07, 6.45) is 17.2. The third-order valence-electron chi connectivity index (χ3n) is 5.32. The summed E-state index contributed by atoms with van der Waals surface area (Å²) in [5.74, 6) is -2.61. The van der Waals surface area contributed by atoms with E-state index in [1.807, 2.05) is 0 Å². The van der Waals surface area contributed by atoms with Gasteiger partial charge in [0.1, 0.15) is 23.5 Å². The molecule has 0 amide bonds. The molecule has 1 aromatic carbocycles.